The van der Waals surface area contributed by atoms with Crippen LogP contribution in [0.4, 0.5) is 0 Å². The van der Waals surface area contributed by atoms with Crippen molar-refractivity contribution in [1.29, 1.82) is 0 Å². The highest BCUT2D eigenvalue weighted by atomic mass is 16.1. The molecule has 1 aromatic heterocycles. The number of aromatic nitrogens is 1. The van der Waals surface area contributed by atoms with E-state index in [1.165, 1.54) is 36.9 Å². The summed E-state index contributed by atoms with van der Waals surface area (Å²) in [5.74, 6) is 0.634. The molecule has 0 radical (unpaired) electrons. The molecule has 0 aromatic carbocycles. The van der Waals surface area contributed by atoms with E-state index < -0.39 is 0 Å². The van der Waals surface area contributed by atoms with E-state index in [0.29, 0.717) is 5.92 Å². The lowest BCUT2D eigenvalue weighted by Gasteiger charge is -2.08. The van der Waals surface area contributed by atoms with Crippen LogP contribution in [0.5, 0.6) is 0 Å². The molecule has 1 heterocycles. The minimum atomic E-state index is 0.634. The summed E-state index contributed by atoms with van der Waals surface area (Å²) in [5, 5.41) is 0. The Bertz CT molecular complexity index is 345. The third-order valence-electron chi connectivity index (χ3n) is 3.46. The maximum absolute atomic E-state index is 11.0. The highest BCUT2D eigenvalue weighted by molar-refractivity contribution is 5.76. The highest BCUT2D eigenvalue weighted by Gasteiger charge is 2.22. The van der Waals surface area contributed by atoms with Crippen molar-refractivity contribution in [2.75, 3.05) is 0 Å². The number of nitrogens with zero attached hydrogens (tertiary/aromatic N) is 1. The van der Waals surface area contributed by atoms with Gasteiger partial charge in [0.1, 0.15) is 0 Å². The Kier molecular flexibility index (Phi) is 2.44. The van der Waals surface area contributed by atoms with Gasteiger partial charge in [-0.05, 0) is 37.3 Å². The molecule has 14 heavy (non-hydrogen) atoms. The molecule has 1 fully saturated rings. The van der Waals surface area contributed by atoms with Crippen molar-refractivity contribution in [2.24, 2.45) is 7.05 Å². The standard InChI is InChI=1S/C12H17NO/c1-9-7-11(10-5-3-4-6-10)12(8-14)13(9)2/h7-8,10H,3-6H2,1-2H3. The second-order valence-corrected chi connectivity index (χ2v) is 4.28. The first-order valence-corrected chi connectivity index (χ1v) is 5.35. The van der Waals surface area contributed by atoms with Crippen molar-refractivity contribution in [1.82, 2.24) is 4.57 Å². The Morgan fingerprint density at radius 3 is 2.64 bits per heavy atom. The van der Waals surface area contributed by atoms with E-state index in [1.54, 1.807) is 0 Å². The molecule has 0 saturated heterocycles. The molecule has 1 aliphatic carbocycles. The number of hydrogen-bond donors (Lipinski definition) is 0. The third-order valence-corrected chi connectivity index (χ3v) is 3.46. The minimum absolute atomic E-state index is 0.634. The van der Waals surface area contributed by atoms with Gasteiger partial charge in [0.05, 0.1) is 5.69 Å². The molecular weight excluding hydrogens is 174 g/mol. The van der Waals surface area contributed by atoms with Crippen molar-refractivity contribution in [3.63, 3.8) is 0 Å². The van der Waals surface area contributed by atoms with Gasteiger partial charge in [-0.25, -0.2) is 0 Å². The first kappa shape index (κ1) is 9.50. The SMILES string of the molecule is Cc1cc(C2CCCC2)c(C=O)n1C. The summed E-state index contributed by atoms with van der Waals surface area (Å²) in [6.45, 7) is 2.06. The second-order valence-electron chi connectivity index (χ2n) is 4.28. The van der Waals surface area contributed by atoms with Crippen molar-refractivity contribution >= 4 is 6.29 Å². The number of hydrogen-bond acceptors (Lipinski definition) is 1. The molecule has 0 amide bonds. The monoisotopic (exact) mass is 191 g/mol. The van der Waals surface area contributed by atoms with Crippen LogP contribution < -0.4 is 0 Å². The zero-order valence-electron chi connectivity index (χ0n) is 8.92. The van der Waals surface area contributed by atoms with Crippen LogP contribution in [0.3, 0.4) is 0 Å². The average Bonchev–Trinajstić information content (AvgIpc) is 2.76. The van der Waals surface area contributed by atoms with Gasteiger partial charge in [-0.3, -0.25) is 4.79 Å². The topological polar surface area (TPSA) is 22.0 Å². The largest absolute Gasteiger partial charge is 0.346 e. The molecular formula is C12H17NO. The van der Waals surface area contributed by atoms with Crippen LogP contribution >= 0.6 is 0 Å². The quantitative estimate of drug-likeness (QED) is 0.659. The number of carbonyl (C=O) groups is 1. The van der Waals surface area contributed by atoms with Crippen LogP contribution in [-0.4, -0.2) is 10.9 Å². The first-order valence-electron chi connectivity index (χ1n) is 5.35. The van der Waals surface area contributed by atoms with Gasteiger partial charge in [0.25, 0.3) is 0 Å². The summed E-state index contributed by atoms with van der Waals surface area (Å²) < 4.78 is 2.00. The smallest absolute Gasteiger partial charge is 0.166 e. The zero-order valence-corrected chi connectivity index (χ0v) is 8.92. The van der Waals surface area contributed by atoms with E-state index in [9.17, 15) is 4.79 Å². The van der Waals surface area contributed by atoms with Crippen molar-refractivity contribution in [2.45, 2.75) is 38.5 Å². The number of aldehydes is 1. The maximum Gasteiger partial charge on any atom is 0.166 e. The van der Waals surface area contributed by atoms with E-state index in [1.807, 2.05) is 11.6 Å². The van der Waals surface area contributed by atoms with Crippen LogP contribution in [0.15, 0.2) is 6.07 Å². The summed E-state index contributed by atoms with van der Waals surface area (Å²) in [6, 6.07) is 2.18. The fraction of sp³-hybridized carbons (Fsp3) is 0.583. The molecule has 0 unspecified atom stereocenters. The molecule has 2 nitrogen and oxygen atoms in total. The average molecular weight is 191 g/mol. The molecule has 2 heteroatoms. The lowest BCUT2D eigenvalue weighted by Crippen LogP contribution is -2.01. The summed E-state index contributed by atoms with van der Waals surface area (Å²) in [7, 11) is 1.97. The van der Waals surface area contributed by atoms with Gasteiger partial charge in [0.2, 0.25) is 0 Å². The molecule has 0 N–H and O–H groups in total. The third kappa shape index (κ3) is 1.39. The number of rotatable bonds is 2. The maximum atomic E-state index is 11.0. The Labute approximate surface area is 84.9 Å². The van der Waals surface area contributed by atoms with Crippen LogP contribution in [0.25, 0.3) is 0 Å². The van der Waals surface area contributed by atoms with Gasteiger partial charge < -0.3 is 4.57 Å². The van der Waals surface area contributed by atoms with Crippen LogP contribution in [-0.2, 0) is 7.05 Å². The van der Waals surface area contributed by atoms with E-state index in [0.717, 1.165) is 12.0 Å². The van der Waals surface area contributed by atoms with E-state index in [-0.39, 0.29) is 0 Å². The first-order chi connectivity index (χ1) is 6.74. The Morgan fingerprint density at radius 1 is 1.43 bits per heavy atom. The van der Waals surface area contributed by atoms with Crippen LogP contribution in [0.2, 0.25) is 0 Å². The van der Waals surface area contributed by atoms with Crippen LogP contribution in [0, 0.1) is 6.92 Å². The predicted octanol–water partition coefficient (Wildman–Crippen LogP) is 2.80. The molecule has 0 spiro atoms. The highest BCUT2D eigenvalue weighted by Crippen LogP contribution is 2.36. The van der Waals surface area contributed by atoms with E-state index in [2.05, 4.69) is 13.0 Å². The summed E-state index contributed by atoms with van der Waals surface area (Å²) >= 11 is 0. The molecule has 0 bridgehead atoms. The van der Waals surface area contributed by atoms with Gasteiger partial charge in [-0.2, -0.15) is 0 Å². The van der Waals surface area contributed by atoms with Crippen molar-refractivity contribution < 1.29 is 4.79 Å². The Morgan fingerprint density at radius 2 is 2.07 bits per heavy atom. The molecule has 1 aromatic rings. The minimum Gasteiger partial charge on any atom is -0.346 e. The number of aryl methyl sites for hydroxylation is 1. The van der Waals surface area contributed by atoms with Gasteiger partial charge in [-0.15, -0.1) is 0 Å². The Hall–Kier alpha value is -1.05. The fourth-order valence-electron chi connectivity index (χ4n) is 2.49. The second kappa shape index (κ2) is 3.60. The number of carbonyl (C=O) groups excluding carboxylic acids is 1. The summed E-state index contributed by atoms with van der Waals surface area (Å²) in [4.78, 5) is 11.0. The lowest BCUT2D eigenvalue weighted by atomic mass is 9.98. The van der Waals surface area contributed by atoms with Crippen molar-refractivity contribution in [3.05, 3.63) is 23.0 Å². The van der Waals surface area contributed by atoms with E-state index >= 15 is 0 Å². The normalized spacial score (nSPS) is 17.6. The Balaban J connectivity index is 2.40. The van der Waals surface area contributed by atoms with Gasteiger partial charge in [-0.1, -0.05) is 12.8 Å². The van der Waals surface area contributed by atoms with Crippen LogP contribution in [0.1, 0.15) is 53.3 Å². The predicted molar refractivity (Wildman–Crippen MR) is 56.7 cm³/mol. The molecule has 1 saturated carbocycles. The molecule has 1 aliphatic rings. The van der Waals surface area contributed by atoms with Gasteiger partial charge in [0.15, 0.2) is 6.29 Å². The van der Waals surface area contributed by atoms with E-state index in [4.69, 9.17) is 0 Å². The molecule has 76 valence electrons. The van der Waals surface area contributed by atoms with Gasteiger partial charge in [0, 0.05) is 12.7 Å². The van der Waals surface area contributed by atoms with Gasteiger partial charge >= 0.3 is 0 Å². The summed E-state index contributed by atoms with van der Waals surface area (Å²) in [5.41, 5.74) is 3.35. The lowest BCUT2D eigenvalue weighted by molar-refractivity contribution is 0.111. The fourth-order valence-corrected chi connectivity index (χ4v) is 2.49. The molecule has 2 rings (SSSR count). The summed E-state index contributed by atoms with van der Waals surface area (Å²) in [6.07, 6.45) is 6.14. The molecule has 0 atom stereocenters. The van der Waals surface area contributed by atoms with Crippen molar-refractivity contribution in [3.8, 4) is 0 Å². The molecule has 0 aliphatic heterocycles. The zero-order chi connectivity index (χ0) is 10.1.